The number of nitrogens with one attached hydrogen (secondary N) is 1. The van der Waals surface area contributed by atoms with Gasteiger partial charge in [0, 0.05) is 24.5 Å². The number of fused-ring (bicyclic) bond motifs is 1. The Balaban J connectivity index is 2.24. The van der Waals surface area contributed by atoms with Crippen molar-refractivity contribution in [2.24, 2.45) is 0 Å². The molecular formula is C12H16N4O2. The minimum atomic E-state index is -0.456. The van der Waals surface area contributed by atoms with Crippen LogP contribution in [0.5, 0.6) is 0 Å². The van der Waals surface area contributed by atoms with Crippen molar-refractivity contribution >= 4 is 11.4 Å². The first-order chi connectivity index (χ1) is 8.53. The van der Waals surface area contributed by atoms with Gasteiger partial charge in [-0.25, -0.2) is 4.52 Å². The van der Waals surface area contributed by atoms with E-state index in [1.807, 2.05) is 13.8 Å². The Morgan fingerprint density at radius 2 is 2.28 bits per heavy atom. The molecule has 2 aromatic rings. The molecule has 2 N–H and O–H groups in total. The van der Waals surface area contributed by atoms with Crippen molar-refractivity contribution in [2.75, 3.05) is 6.61 Å². The predicted molar refractivity (Wildman–Crippen MR) is 66.2 cm³/mol. The smallest absolute Gasteiger partial charge is 0.255 e. The standard InChI is InChI=1S/C12H16N4O2/c1-12(2,3-6-17)15-11(18)9-7-14-16-5-4-13-8-10(9)16/h4-5,7-8,17H,3,6H2,1-2H3,(H,15,18). The van der Waals surface area contributed by atoms with E-state index in [2.05, 4.69) is 15.4 Å². The molecule has 0 unspecified atom stereocenters. The maximum Gasteiger partial charge on any atom is 0.255 e. The van der Waals surface area contributed by atoms with Gasteiger partial charge >= 0.3 is 0 Å². The Morgan fingerprint density at radius 1 is 1.50 bits per heavy atom. The predicted octanol–water partition coefficient (Wildman–Crippen LogP) is 0.620. The summed E-state index contributed by atoms with van der Waals surface area (Å²) in [6.07, 6.45) is 6.90. The summed E-state index contributed by atoms with van der Waals surface area (Å²) in [5.41, 5.74) is 0.686. The first-order valence-corrected chi connectivity index (χ1v) is 5.74. The molecule has 0 aliphatic heterocycles. The van der Waals surface area contributed by atoms with Crippen molar-refractivity contribution in [3.05, 3.63) is 30.4 Å². The SMILES string of the molecule is CC(C)(CCO)NC(=O)c1cnn2ccncc12. The van der Waals surface area contributed by atoms with E-state index in [0.29, 0.717) is 17.5 Å². The van der Waals surface area contributed by atoms with Crippen molar-refractivity contribution in [2.45, 2.75) is 25.8 Å². The Morgan fingerprint density at radius 3 is 3.00 bits per heavy atom. The van der Waals surface area contributed by atoms with Crippen LogP contribution in [0.3, 0.4) is 0 Å². The van der Waals surface area contributed by atoms with Gasteiger partial charge in [-0.1, -0.05) is 0 Å². The Labute approximate surface area is 105 Å². The fourth-order valence-corrected chi connectivity index (χ4v) is 1.73. The van der Waals surface area contributed by atoms with E-state index in [1.54, 1.807) is 23.1 Å². The van der Waals surface area contributed by atoms with Gasteiger partial charge < -0.3 is 10.4 Å². The second-order valence-electron chi connectivity index (χ2n) is 4.78. The minimum Gasteiger partial charge on any atom is -0.396 e. The van der Waals surface area contributed by atoms with Crippen LogP contribution in [-0.2, 0) is 0 Å². The maximum atomic E-state index is 12.1. The fraction of sp³-hybridized carbons (Fsp3) is 0.417. The molecule has 0 radical (unpaired) electrons. The maximum absolute atomic E-state index is 12.1. The van der Waals surface area contributed by atoms with Crippen LogP contribution in [0.4, 0.5) is 0 Å². The van der Waals surface area contributed by atoms with Gasteiger partial charge in [0.05, 0.1) is 23.5 Å². The summed E-state index contributed by atoms with van der Waals surface area (Å²) in [4.78, 5) is 16.1. The van der Waals surface area contributed by atoms with E-state index < -0.39 is 5.54 Å². The molecule has 2 rings (SSSR count). The van der Waals surface area contributed by atoms with Gasteiger partial charge in [-0.3, -0.25) is 9.78 Å². The lowest BCUT2D eigenvalue weighted by Gasteiger charge is -2.25. The van der Waals surface area contributed by atoms with Crippen LogP contribution in [0.1, 0.15) is 30.6 Å². The molecule has 0 aromatic carbocycles. The highest BCUT2D eigenvalue weighted by Crippen LogP contribution is 2.12. The Hall–Kier alpha value is -1.95. The Kier molecular flexibility index (Phi) is 3.29. The average molecular weight is 248 g/mol. The number of carbonyl (C=O) groups is 1. The minimum absolute atomic E-state index is 0.0313. The molecule has 1 amide bonds. The normalized spacial score (nSPS) is 11.7. The number of carbonyl (C=O) groups excluding carboxylic acids is 1. The number of rotatable bonds is 4. The lowest BCUT2D eigenvalue weighted by molar-refractivity contribution is 0.0901. The van der Waals surface area contributed by atoms with Gasteiger partial charge in [-0.05, 0) is 20.3 Å². The zero-order valence-electron chi connectivity index (χ0n) is 10.4. The summed E-state index contributed by atoms with van der Waals surface area (Å²) in [5.74, 6) is -0.212. The molecule has 96 valence electrons. The molecular weight excluding hydrogens is 232 g/mol. The third kappa shape index (κ3) is 2.48. The molecule has 0 saturated carbocycles. The van der Waals surface area contributed by atoms with Crippen LogP contribution >= 0.6 is 0 Å². The van der Waals surface area contributed by atoms with Crippen molar-refractivity contribution < 1.29 is 9.90 Å². The van der Waals surface area contributed by atoms with Crippen molar-refractivity contribution in [1.29, 1.82) is 0 Å². The van der Waals surface area contributed by atoms with Crippen LogP contribution in [0.2, 0.25) is 0 Å². The van der Waals surface area contributed by atoms with Crippen molar-refractivity contribution in [1.82, 2.24) is 19.9 Å². The van der Waals surface area contributed by atoms with Gasteiger partial charge in [-0.15, -0.1) is 0 Å². The van der Waals surface area contributed by atoms with Gasteiger partial charge in [0.25, 0.3) is 5.91 Å². The molecule has 6 heteroatoms. The highest BCUT2D eigenvalue weighted by Gasteiger charge is 2.22. The average Bonchev–Trinajstić information content (AvgIpc) is 2.71. The number of nitrogens with zero attached hydrogens (tertiary/aromatic N) is 3. The number of amides is 1. The largest absolute Gasteiger partial charge is 0.396 e. The van der Waals surface area contributed by atoms with E-state index in [1.165, 1.54) is 6.20 Å². The molecule has 0 aliphatic rings. The van der Waals surface area contributed by atoms with Gasteiger partial charge in [0.1, 0.15) is 0 Å². The fourth-order valence-electron chi connectivity index (χ4n) is 1.73. The molecule has 0 aliphatic carbocycles. The zero-order chi connectivity index (χ0) is 13.2. The summed E-state index contributed by atoms with van der Waals surface area (Å²) >= 11 is 0. The van der Waals surface area contributed by atoms with E-state index in [4.69, 9.17) is 5.11 Å². The molecule has 0 saturated heterocycles. The van der Waals surface area contributed by atoms with E-state index in [0.717, 1.165) is 0 Å². The Bertz CT molecular complexity index is 562. The van der Waals surface area contributed by atoms with Gasteiger partial charge in [-0.2, -0.15) is 5.10 Å². The van der Waals surface area contributed by atoms with Crippen LogP contribution in [-0.4, -0.2) is 37.8 Å². The summed E-state index contributed by atoms with van der Waals surface area (Å²) < 4.78 is 1.60. The van der Waals surface area contributed by atoms with Crippen molar-refractivity contribution in [3.8, 4) is 0 Å². The molecule has 0 bridgehead atoms. The van der Waals surface area contributed by atoms with Gasteiger partial charge in [0.15, 0.2) is 0 Å². The summed E-state index contributed by atoms with van der Waals surface area (Å²) in [7, 11) is 0. The molecule has 6 nitrogen and oxygen atoms in total. The first kappa shape index (κ1) is 12.5. The number of aromatic nitrogens is 3. The lowest BCUT2D eigenvalue weighted by Crippen LogP contribution is -2.44. The van der Waals surface area contributed by atoms with E-state index in [9.17, 15) is 4.79 Å². The van der Waals surface area contributed by atoms with Crippen LogP contribution in [0.15, 0.2) is 24.8 Å². The third-order valence-electron chi connectivity index (χ3n) is 2.76. The second-order valence-corrected chi connectivity index (χ2v) is 4.78. The quantitative estimate of drug-likeness (QED) is 0.831. The van der Waals surface area contributed by atoms with Crippen LogP contribution in [0, 0.1) is 0 Å². The molecule has 0 atom stereocenters. The monoisotopic (exact) mass is 248 g/mol. The number of hydrogen-bond donors (Lipinski definition) is 2. The zero-order valence-corrected chi connectivity index (χ0v) is 10.4. The highest BCUT2D eigenvalue weighted by molar-refractivity contribution is 6.00. The number of aliphatic hydroxyl groups is 1. The number of hydrogen-bond acceptors (Lipinski definition) is 4. The summed E-state index contributed by atoms with van der Waals surface area (Å²) in [5, 5.41) is 15.9. The van der Waals surface area contributed by atoms with E-state index in [-0.39, 0.29) is 12.5 Å². The molecule has 18 heavy (non-hydrogen) atoms. The lowest BCUT2D eigenvalue weighted by atomic mass is 10.0. The van der Waals surface area contributed by atoms with E-state index >= 15 is 0 Å². The molecule has 0 fully saturated rings. The molecule has 2 aromatic heterocycles. The number of aliphatic hydroxyl groups excluding tert-OH is 1. The third-order valence-corrected chi connectivity index (χ3v) is 2.76. The highest BCUT2D eigenvalue weighted by atomic mass is 16.3. The van der Waals surface area contributed by atoms with Gasteiger partial charge in [0.2, 0.25) is 0 Å². The van der Waals surface area contributed by atoms with Crippen LogP contribution in [0.25, 0.3) is 5.52 Å². The molecule has 2 heterocycles. The summed E-state index contributed by atoms with van der Waals surface area (Å²) in [6.45, 7) is 3.76. The van der Waals surface area contributed by atoms with Crippen LogP contribution < -0.4 is 5.32 Å². The van der Waals surface area contributed by atoms with Crippen molar-refractivity contribution in [3.63, 3.8) is 0 Å². The first-order valence-electron chi connectivity index (χ1n) is 5.74. The summed E-state index contributed by atoms with van der Waals surface area (Å²) in [6, 6.07) is 0. The molecule has 0 spiro atoms. The second kappa shape index (κ2) is 4.73. The topological polar surface area (TPSA) is 79.5 Å².